The van der Waals surface area contributed by atoms with Gasteiger partial charge in [-0.2, -0.15) is 5.26 Å². The van der Waals surface area contributed by atoms with E-state index >= 15 is 0 Å². The lowest BCUT2D eigenvalue weighted by atomic mass is 9.98. The van der Waals surface area contributed by atoms with Gasteiger partial charge in [-0.05, 0) is 43.0 Å². The fraction of sp³-hybridized carbons (Fsp3) is 0.500. The summed E-state index contributed by atoms with van der Waals surface area (Å²) in [5.74, 6) is -0.0492. The van der Waals surface area contributed by atoms with E-state index < -0.39 is 0 Å². The standard InChI is InChI=1S/C14H17FN2O/c15-14-4-3-12(13(6-14)7-16)9-17-5-1-2-11(8-17)10-18/h3-4,6,11,18H,1-2,5,8-10H2. The maximum Gasteiger partial charge on any atom is 0.124 e. The molecule has 1 unspecified atom stereocenters. The van der Waals surface area contributed by atoms with Crippen molar-refractivity contribution < 1.29 is 9.50 Å². The molecule has 0 saturated carbocycles. The Labute approximate surface area is 106 Å². The monoisotopic (exact) mass is 248 g/mol. The quantitative estimate of drug-likeness (QED) is 0.888. The molecule has 0 bridgehead atoms. The Morgan fingerprint density at radius 1 is 1.50 bits per heavy atom. The van der Waals surface area contributed by atoms with Crippen LogP contribution in [0.1, 0.15) is 24.0 Å². The second kappa shape index (κ2) is 5.94. The number of hydrogen-bond acceptors (Lipinski definition) is 3. The highest BCUT2D eigenvalue weighted by atomic mass is 19.1. The van der Waals surface area contributed by atoms with E-state index in [1.54, 1.807) is 6.07 Å². The Hall–Kier alpha value is -1.44. The van der Waals surface area contributed by atoms with Crippen LogP contribution in [0.25, 0.3) is 0 Å². The number of hydrogen-bond donors (Lipinski definition) is 1. The molecule has 1 aliphatic rings. The van der Waals surface area contributed by atoms with Gasteiger partial charge in [-0.25, -0.2) is 4.39 Å². The van der Waals surface area contributed by atoms with Crippen LogP contribution in [0, 0.1) is 23.1 Å². The molecule has 1 heterocycles. The summed E-state index contributed by atoms with van der Waals surface area (Å²) in [5.41, 5.74) is 1.26. The Morgan fingerprint density at radius 3 is 3.06 bits per heavy atom. The number of nitrogens with zero attached hydrogens (tertiary/aromatic N) is 2. The zero-order valence-electron chi connectivity index (χ0n) is 10.3. The number of rotatable bonds is 3. The molecule has 1 aromatic rings. The molecule has 1 saturated heterocycles. The molecule has 4 heteroatoms. The molecule has 0 aliphatic carbocycles. The van der Waals surface area contributed by atoms with Crippen LogP contribution in [-0.2, 0) is 6.54 Å². The van der Waals surface area contributed by atoms with E-state index in [0.717, 1.165) is 31.5 Å². The van der Waals surface area contributed by atoms with Crippen LogP contribution < -0.4 is 0 Å². The summed E-state index contributed by atoms with van der Waals surface area (Å²) in [6.07, 6.45) is 2.12. The van der Waals surface area contributed by atoms with Crippen LogP contribution in [0.5, 0.6) is 0 Å². The van der Waals surface area contributed by atoms with Crippen molar-refractivity contribution in [1.82, 2.24) is 4.90 Å². The first-order valence-corrected chi connectivity index (χ1v) is 6.24. The van der Waals surface area contributed by atoms with E-state index in [2.05, 4.69) is 4.90 Å². The lowest BCUT2D eigenvalue weighted by Gasteiger charge is -2.31. The smallest absolute Gasteiger partial charge is 0.124 e. The molecule has 18 heavy (non-hydrogen) atoms. The van der Waals surface area contributed by atoms with Crippen LogP contribution in [0.15, 0.2) is 18.2 Å². The molecule has 3 nitrogen and oxygen atoms in total. The van der Waals surface area contributed by atoms with Crippen LogP contribution in [0.3, 0.4) is 0 Å². The number of piperidine rings is 1. The summed E-state index contributed by atoms with van der Waals surface area (Å²) in [7, 11) is 0. The van der Waals surface area contributed by atoms with Gasteiger partial charge in [-0.1, -0.05) is 6.07 Å². The Bertz CT molecular complexity index is 456. The number of nitriles is 1. The van der Waals surface area contributed by atoms with Gasteiger partial charge >= 0.3 is 0 Å². The lowest BCUT2D eigenvalue weighted by Crippen LogP contribution is -2.36. The molecule has 0 spiro atoms. The highest BCUT2D eigenvalue weighted by Crippen LogP contribution is 2.19. The van der Waals surface area contributed by atoms with Gasteiger partial charge in [-0.15, -0.1) is 0 Å². The van der Waals surface area contributed by atoms with Gasteiger partial charge in [0.15, 0.2) is 0 Å². The average molecular weight is 248 g/mol. The van der Waals surface area contributed by atoms with E-state index in [1.165, 1.54) is 12.1 Å². The van der Waals surface area contributed by atoms with E-state index in [0.29, 0.717) is 18.0 Å². The summed E-state index contributed by atoms with van der Waals surface area (Å²) < 4.78 is 13.0. The highest BCUT2D eigenvalue weighted by molar-refractivity contribution is 5.37. The summed E-state index contributed by atoms with van der Waals surface area (Å²) in [6, 6.07) is 6.39. The van der Waals surface area contributed by atoms with Gasteiger partial charge in [0.25, 0.3) is 0 Å². The average Bonchev–Trinajstić information content (AvgIpc) is 2.41. The Balaban J connectivity index is 2.07. The number of likely N-dealkylation sites (tertiary alicyclic amines) is 1. The van der Waals surface area contributed by atoms with E-state index in [4.69, 9.17) is 5.26 Å². The maximum atomic E-state index is 13.0. The largest absolute Gasteiger partial charge is 0.396 e. The molecule has 1 N–H and O–H groups in total. The second-order valence-electron chi connectivity index (χ2n) is 4.84. The van der Waals surface area contributed by atoms with E-state index in [1.807, 2.05) is 6.07 Å². The number of aliphatic hydroxyl groups excluding tert-OH is 1. The second-order valence-corrected chi connectivity index (χ2v) is 4.84. The topological polar surface area (TPSA) is 47.3 Å². The zero-order chi connectivity index (χ0) is 13.0. The van der Waals surface area contributed by atoms with Crippen molar-refractivity contribution >= 4 is 0 Å². The fourth-order valence-electron chi connectivity index (χ4n) is 2.48. The third kappa shape index (κ3) is 3.06. The molecule has 1 aliphatic heterocycles. The minimum Gasteiger partial charge on any atom is -0.396 e. The molecule has 0 amide bonds. The highest BCUT2D eigenvalue weighted by Gasteiger charge is 2.20. The molecular weight excluding hydrogens is 231 g/mol. The first-order valence-electron chi connectivity index (χ1n) is 6.24. The Morgan fingerprint density at radius 2 is 2.33 bits per heavy atom. The van der Waals surface area contributed by atoms with Crippen molar-refractivity contribution in [1.29, 1.82) is 5.26 Å². The summed E-state index contributed by atoms with van der Waals surface area (Å²) in [4.78, 5) is 2.22. The molecule has 0 radical (unpaired) electrons. The van der Waals surface area contributed by atoms with Crippen molar-refractivity contribution in [3.8, 4) is 6.07 Å². The van der Waals surface area contributed by atoms with Crippen LogP contribution >= 0.6 is 0 Å². The fourth-order valence-corrected chi connectivity index (χ4v) is 2.48. The number of benzene rings is 1. The summed E-state index contributed by atoms with van der Waals surface area (Å²) >= 11 is 0. The first kappa shape index (κ1) is 13.0. The third-order valence-electron chi connectivity index (χ3n) is 3.45. The van der Waals surface area contributed by atoms with Gasteiger partial charge in [0.05, 0.1) is 11.6 Å². The maximum absolute atomic E-state index is 13.0. The molecule has 2 rings (SSSR count). The number of aliphatic hydroxyl groups is 1. The van der Waals surface area contributed by atoms with Crippen molar-refractivity contribution in [2.45, 2.75) is 19.4 Å². The predicted molar refractivity (Wildman–Crippen MR) is 66.2 cm³/mol. The van der Waals surface area contributed by atoms with Crippen LogP contribution in [0.4, 0.5) is 4.39 Å². The zero-order valence-corrected chi connectivity index (χ0v) is 10.3. The van der Waals surface area contributed by atoms with Crippen molar-refractivity contribution in [2.75, 3.05) is 19.7 Å². The summed E-state index contributed by atoms with van der Waals surface area (Å²) in [6.45, 7) is 2.68. The lowest BCUT2D eigenvalue weighted by molar-refractivity contribution is 0.116. The van der Waals surface area contributed by atoms with Crippen LogP contribution in [-0.4, -0.2) is 29.7 Å². The minimum absolute atomic E-state index is 0.213. The predicted octanol–water partition coefficient (Wildman–Crippen LogP) is 1.90. The van der Waals surface area contributed by atoms with Gasteiger partial charge in [0.1, 0.15) is 5.82 Å². The van der Waals surface area contributed by atoms with Crippen molar-refractivity contribution in [2.24, 2.45) is 5.92 Å². The SMILES string of the molecule is N#Cc1cc(F)ccc1CN1CCCC(CO)C1. The van der Waals surface area contributed by atoms with Crippen LogP contribution in [0.2, 0.25) is 0 Å². The van der Waals surface area contributed by atoms with Gasteiger partial charge in [0, 0.05) is 19.7 Å². The first-order chi connectivity index (χ1) is 8.72. The molecule has 1 atom stereocenters. The van der Waals surface area contributed by atoms with E-state index in [-0.39, 0.29) is 12.4 Å². The molecular formula is C14H17FN2O. The van der Waals surface area contributed by atoms with Gasteiger partial charge < -0.3 is 5.11 Å². The summed E-state index contributed by atoms with van der Waals surface area (Å²) in [5, 5.41) is 18.2. The number of halogens is 1. The molecule has 1 fully saturated rings. The van der Waals surface area contributed by atoms with Crippen molar-refractivity contribution in [3.63, 3.8) is 0 Å². The Kier molecular flexibility index (Phi) is 4.29. The molecule has 1 aromatic carbocycles. The molecule has 96 valence electrons. The van der Waals surface area contributed by atoms with Gasteiger partial charge in [0.2, 0.25) is 0 Å². The molecule has 0 aromatic heterocycles. The van der Waals surface area contributed by atoms with Crippen molar-refractivity contribution in [3.05, 3.63) is 35.1 Å². The van der Waals surface area contributed by atoms with E-state index in [9.17, 15) is 9.50 Å². The minimum atomic E-state index is -0.373. The normalized spacial score (nSPS) is 20.6. The third-order valence-corrected chi connectivity index (χ3v) is 3.45. The van der Waals surface area contributed by atoms with Gasteiger partial charge in [-0.3, -0.25) is 4.90 Å².